The van der Waals surface area contributed by atoms with Gasteiger partial charge in [-0.3, -0.25) is 4.79 Å². The maximum Gasteiger partial charge on any atom is 0.259 e. The molecule has 0 radical (unpaired) electrons. The number of fused-ring (bicyclic) bond motifs is 1. The van der Waals surface area contributed by atoms with Crippen molar-refractivity contribution in [3.63, 3.8) is 0 Å². The van der Waals surface area contributed by atoms with Gasteiger partial charge in [-0.2, -0.15) is 0 Å². The number of thiophene rings is 1. The van der Waals surface area contributed by atoms with Crippen molar-refractivity contribution in [2.24, 2.45) is 16.3 Å². The third-order valence-corrected chi connectivity index (χ3v) is 9.01. The lowest BCUT2D eigenvalue weighted by atomic mass is 9.72. The van der Waals surface area contributed by atoms with Gasteiger partial charge in [0.2, 0.25) is 0 Å². The number of carbonyl (C=O) groups excluding carboxylic acids is 1. The molecule has 1 heterocycles. The highest BCUT2D eigenvalue weighted by Gasteiger charge is 2.33. The number of nitrogens with one attached hydrogen (secondary N) is 1. The van der Waals surface area contributed by atoms with Crippen LogP contribution >= 0.6 is 61.5 Å². The maximum absolute atomic E-state index is 13.4. The summed E-state index contributed by atoms with van der Waals surface area (Å²) in [5.41, 5.74) is 3.53. The number of rotatable bonds is 4. The Labute approximate surface area is 231 Å². The number of phenols is 1. The predicted octanol–water partition coefficient (Wildman–Crippen LogP) is 8.63. The van der Waals surface area contributed by atoms with Crippen molar-refractivity contribution in [1.29, 1.82) is 0 Å². The number of hydrogen-bond donors (Lipinski definition) is 2. The zero-order valence-electron chi connectivity index (χ0n) is 19.1. The van der Waals surface area contributed by atoms with Crippen molar-refractivity contribution in [3.8, 4) is 5.75 Å². The fraction of sp³-hybridized carbons (Fsp3) is 0.308. The smallest absolute Gasteiger partial charge is 0.259 e. The van der Waals surface area contributed by atoms with E-state index in [4.69, 9.17) is 16.6 Å². The van der Waals surface area contributed by atoms with E-state index in [2.05, 4.69) is 64.6 Å². The maximum atomic E-state index is 13.4. The molecule has 1 amide bonds. The van der Waals surface area contributed by atoms with Gasteiger partial charge < -0.3 is 10.4 Å². The SMILES string of the molecule is CC(C)(C)[C@H]1CCc2c(sc(N=Cc3cc(Br)c(O)c(I)c3)c2C(=O)Nc2ccc(Cl)cc2)C1. The van der Waals surface area contributed by atoms with E-state index in [0.29, 0.717) is 31.7 Å². The third-order valence-electron chi connectivity index (χ3n) is 6.17. The largest absolute Gasteiger partial charge is 0.506 e. The Hall–Kier alpha value is -1.42. The van der Waals surface area contributed by atoms with Crippen LogP contribution in [-0.4, -0.2) is 17.2 Å². The summed E-state index contributed by atoms with van der Waals surface area (Å²) in [6.07, 6.45) is 4.64. The first-order valence-corrected chi connectivity index (χ1v) is 14.0. The van der Waals surface area contributed by atoms with Crippen LogP contribution in [0.15, 0.2) is 45.9 Å². The Kier molecular flexibility index (Phi) is 7.77. The fourth-order valence-electron chi connectivity index (χ4n) is 4.16. The highest BCUT2D eigenvalue weighted by atomic mass is 127. The van der Waals surface area contributed by atoms with Crippen LogP contribution in [-0.2, 0) is 12.8 Å². The Morgan fingerprint density at radius 1 is 1.29 bits per heavy atom. The lowest BCUT2D eigenvalue weighted by Gasteiger charge is -2.33. The quantitative estimate of drug-likeness (QED) is 0.216. The number of amides is 1. The van der Waals surface area contributed by atoms with E-state index in [0.717, 1.165) is 34.0 Å². The number of phenolic OH excluding ortho intramolecular Hbond substituents is 1. The minimum absolute atomic E-state index is 0.150. The molecule has 2 N–H and O–H groups in total. The van der Waals surface area contributed by atoms with Crippen molar-refractivity contribution in [1.82, 2.24) is 0 Å². The summed E-state index contributed by atoms with van der Waals surface area (Å²) in [4.78, 5) is 19.5. The van der Waals surface area contributed by atoms with Crippen LogP contribution in [0, 0.1) is 14.9 Å². The van der Waals surface area contributed by atoms with Crippen molar-refractivity contribution >= 4 is 84.3 Å². The molecular weight excluding hydrogens is 647 g/mol. The van der Waals surface area contributed by atoms with Crippen LogP contribution in [0.1, 0.15) is 53.6 Å². The molecule has 1 aliphatic rings. The van der Waals surface area contributed by atoms with E-state index in [1.807, 2.05) is 12.1 Å². The van der Waals surface area contributed by atoms with E-state index in [1.165, 1.54) is 4.88 Å². The first-order chi connectivity index (χ1) is 16.0. The minimum atomic E-state index is -0.150. The average molecular weight is 672 g/mol. The third kappa shape index (κ3) is 5.69. The highest BCUT2D eigenvalue weighted by molar-refractivity contribution is 14.1. The summed E-state index contributed by atoms with van der Waals surface area (Å²) >= 11 is 13.1. The van der Waals surface area contributed by atoms with Gasteiger partial charge >= 0.3 is 0 Å². The van der Waals surface area contributed by atoms with Gasteiger partial charge in [-0.05, 0) is 117 Å². The van der Waals surface area contributed by atoms with Crippen molar-refractivity contribution in [2.75, 3.05) is 5.32 Å². The van der Waals surface area contributed by atoms with E-state index < -0.39 is 0 Å². The minimum Gasteiger partial charge on any atom is -0.506 e. The number of benzene rings is 2. The van der Waals surface area contributed by atoms with E-state index in [9.17, 15) is 9.90 Å². The van der Waals surface area contributed by atoms with Gasteiger partial charge in [0.25, 0.3) is 5.91 Å². The molecule has 0 unspecified atom stereocenters. The molecule has 1 aliphatic carbocycles. The molecule has 1 atom stereocenters. The van der Waals surface area contributed by atoms with Gasteiger partial charge in [-0.25, -0.2) is 4.99 Å². The molecule has 0 saturated carbocycles. The molecule has 0 bridgehead atoms. The Balaban J connectivity index is 1.72. The zero-order valence-corrected chi connectivity index (χ0v) is 24.4. The van der Waals surface area contributed by atoms with Gasteiger partial charge in [0.05, 0.1) is 13.6 Å². The summed E-state index contributed by atoms with van der Waals surface area (Å²) in [5.74, 6) is 0.625. The fourth-order valence-corrected chi connectivity index (χ4v) is 7.05. The number of aliphatic imine (C=N–C) groups is 1. The van der Waals surface area contributed by atoms with Gasteiger partial charge in [0, 0.05) is 21.8 Å². The van der Waals surface area contributed by atoms with Crippen LogP contribution in [0.2, 0.25) is 5.02 Å². The van der Waals surface area contributed by atoms with Crippen LogP contribution in [0.25, 0.3) is 0 Å². The molecule has 2 aromatic carbocycles. The molecule has 4 rings (SSSR count). The molecule has 1 aromatic heterocycles. The Morgan fingerprint density at radius 2 is 2.00 bits per heavy atom. The number of carbonyl (C=O) groups is 1. The molecule has 178 valence electrons. The Morgan fingerprint density at radius 3 is 2.65 bits per heavy atom. The number of nitrogens with zero attached hydrogens (tertiary/aromatic N) is 1. The van der Waals surface area contributed by atoms with Gasteiger partial charge in [-0.1, -0.05) is 32.4 Å². The van der Waals surface area contributed by atoms with Gasteiger partial charge in [0.15, 0.2) is 0 Å². The van der Waals surface area contributed by atoms with Crippen LogP contribution in [0.5, 0.6) is 5.75 Å². The van der Waals surface area contributed by atoms with Gasteiger partial charge in [-0.15, -0.1) is 11.3 Å². The molecule has 0 saturated heterocycles. The summed E-state index contributed by atoms with van der Waals surface area (Å²) in [7, 11) is 0. The van der Waals surface area contributed by atoms with Crippen molar-refractivity contribution in [3.05, 3.63) is 71.0 Å². The van der Waals surface area contributed by atoms with E-state index in [-0.39, 0.29) is 17.1 Å². The molecular formula is C26H25BrClIN2O2S. The topological polar surface area (TPSA) is 61.7 Å². The summed E-state index contributed by atoms with van der Waals surface area (Å²) in [5, 5.41) is 14.4. The lowest BCUT2D eigenvalue weighted by Crippen LogP contribution is -2.27. The molecule has 0 spiro atoms. The van der Waals surface area contributed by atoms with E-state index >= 15 is 0 Å². The summed E-state index contributed by atoms with van der Waals surface area (Å²) < 4.78 is 1.34. The Bertz CT molecular complexity index is 1240. The molecule has 4 nitrogen and oxygen atoms in total. The average Bonchev–Trinajstić information content (AvgIpc) is 3.14. The lowest BCUT2D eigenvalue weighted by molar-refractivity contribution is 0.102. The van der Waals surface area contributed by atoms with Crippen molar-refractivity contribution in [2.45, 2.75) is 40.0 Å². The highest BCUT2D eigenvalue weighted by Crippen LogP contribution is 2.45. The monoisotopic (exact) mass is 670 g/mol. The standard InChI is InChI=1S/C26H25BrClIN2O2S/c1-26(2,3)15-4-9-18-21(12-15)34-25(30-13-14-10-19(27)23(32)20(29)11-14)22(18)24(33)31-17-7-5-16(28)6-8-17/h5-8,10-11,13,15,32H,4,9,12H2,1-3H3,(H,31,33)/t15-/m0/s1. The number of aromatic hydroxyl groups is 1. The summed E-state index contributed by atoms with van der Waals surface area (Å²) in [6.45, 7) is 6.86. The molecule has 3 aromatic rings. The first-order valence-electron chi connectivity index (χ1n) is 11.0. The predicted molar refractivity (Wildman–Crippen MR) is 154 cm³/mol. The summed E-state index contributed by atoms with van der Waals surface area (Å²) in [6, 6.07) is 10.8. The number of anilines is 1. The second-order valence-electron chi connectivity index (χ2n) is 9.54. The molecule has 0 fully saturated rings. The molecule has 0 aliphatic heterocycles. The van der Waals surface area contributed by atoms with Crippen LogP contribution in [0.4, 0.5) is 10.7 Å². The number of halogens is 3. The zero-order chi connectivity index (χ0) is 24.6. The van der Waals surface area contributed by atoms with Crippen molar-refractivity contribution < 1.29 is 9.90 Å². The van der Waals surface area contributed by atoms with Crippen LogP contribution in [0.3, 0.4) is 0 Å². The van der Waals surface area contributed by atoms with Crippen LogP contribution < -0.4 is 5.32 Å². The molecule has 8 heteroatoms. The second kappa shape index (κ2) is 10.3. The number of hydrogen-bond acceptors (Lipinski definition) is 4. The second-order valence-corrected chi connectivity index (χ2v) is 13.1. The van der Waals surface area contributed by atoms with E-state index in [1.54, 1.807) is 41.8 Å². The normalized spacial score (nSPS) is 16.0. The molecule has 34 heavy (non-hydrogen) atoms. The first kappa shape index (κ1) is 25.7. The van der Waals surface area contributed by atoms with Gasteiger partial charge in [0.1, 0.15) is 10.8 Å².